The Bertz CT molecular complexity index is 524. The first-order valence-corrected chi connectivity index (χ1v) is 5.38. The van der Waals surface area contributed by atoms with E-state index in [9.17, 15) is 9.50 Å². The molecule has 2 rings (SSSR count). The number of nitrogens with zero attached hydrogens (tertiary/aromatic N) is 2. The molecule has 1 heterocycles. The lowest BCUT2D eigenvalue weighted by molar-refractivity contribution is 0.208. The van der Waals surface area contributed by atoms with Gasteiger partial charge in [-0.3, -0.25) is 4.68 Å². The van der Waals surface area contributed by atoms with Crippen LogP contribution >= 0.6 is 0 Å². The maximum absolute atomic E-state index is 13.1. The highest BCUT2D eigenvalue weighted by Gasteiger charge is 2.17. The molecule has 0 bridgehead atoms. The smallest absolute Gasteiger partial charge is 0.123 e. The topological polar surface area (TPSA) is 64.1 Å². The zero-order valence-electron chi connectivity index (χ0n) is 9.47. The Morgan fingerprint density at radius 3 is 2.94 bits per heavy atom. The Morgan fingerprint density at radius 2 is 2.24 bits per heavy atom. The van der Waals surface area contributed by atoms with E-state index in [1.807, 2.05) is 6.92 Å². The summed E-state index contributed by atoms with van der Waals surface area (Å²) in [6.07, 6.45) is 0.630. The van der Waals surface area contributed by atoms with Gasteiger partial charge in [-0.05, 0) is 31.2 Å². The van der Waals surface area contributed by atoms with E-state index in [1.54, 1.807) is 16.9 Å². The average molecular weight is 235 g/mol. The predicted molar refractivity (Wildman–Crippen MR) is 62.8 cm³/mol. The molecule has 0 radical (unpaired) electrons. The number of hydrogen-bond acceptors (Lipinski definition) is 3. The van der Waals surface area contributed by atoms with E-state index in [0.29, 0.717) is 23.5 Å². The molecule has 17 heavy (non-hydrogen) atoms. The van der Waals surface area contributed by atoms with Crippen LogP contribution in [-0.2, 0) is 6.54 Å². The molecule has 0 aliphatic carbocycles. The van der Waals surface area contributed by atoms with E-state index in [0.717, 1.165) is 0 Å². The van der Waals surface area contributed by atoms with Crippen molar-refractivity contribution >= 4 is 5.69 Å². The number of aromatic nitrogens is 2. The standard InChI is InChI=1S/C12H14FN3O/c1-2-16-11(5-6-15-16)12(17)9-7-8(13)3-4-10(9)14/h3-7,12,17H,2,14H2,1H3. The van der Waals surface area contributed by atoms with Gasteiger partial charge in [0.15, 0.2) is 0 Å². The van der Waals surface area contributed by atoms with Crippen molar-refractivity contribution < 1.29 is 9.50 Å². The lowest BCUT2D eigenvalue weighted by Gasteiger charge is -2.14. The molecule has 1 atom stereocenters. The zero-order chi connectivity index (χ0) is 12.4. The van der Waals surface area contributed by atoms with Crippen LogP contribution in [0, 0.1) is 5.82 Å². The van der Waals surface area contributed by atoms with E-state index in [4.69, 9.17) is 5.73 Å². The number of rotatable bonds is 3. The van der Waals surface area contributed by atoms with Gasteiger partial charge in [0, 0.05) is 24.0 Å². The number of hydrogen-bond donors (Lipinski definition) is 2. The first kappa shape index (κ1) is 11.6. The number of halogens is 1. The number of aliphatic hydroxyl groups is 1. The molecule has 0 spiro atoms. The van der Waals surface area contributed by atoms with Crippen LogP contribution in [0.2, 0.25) is 0 Å². The Kier molecular flexibility index (Phi) is 3.10. The number of benzene rings is 1. The zero-order valence-corrected chi connectivity index (χ0v) is 9.47. The first-order valence-electron chi connectivity index (χ1n) is 5.38. The molecule has 90 valence electrons. The average Bonchev–Trinajstić information content (AvgIpc) is 2.79. The SMILES string of the molecule is CCn1nccc1C(O)c1cc(F)ccc1N. The lowest BCUT2D eigenvalue weighted by Crippen LogP contribution is -2.11. The van der Waals surface area contributed by atoms with Crippen LogP contribution in [0.1, 0.15) is 24.3 Å². The van der Waals surface area contributed by atoms with Gasteiger partial charge < -0.3 is 10.8 Å². The van der Waals surface area contributed by atoms with Gasteiger partial charge in [0.1, 0.15) is 11.9 Å². The second-order valence-electron chi connectivity index (χ2n) is 3.75. The van der Waals surface area contributed by atoms with Crippen molar-refractivity contribution in [2.45, 2.75) is 19.6 Å². The monoisotopic (exact) mass is 235 g/mol. The van der Waals surface area contributed by atoms with Gasteiger partial charge in [0.05, 0.1) is 5.69 Å². The largest absolute Gasteiger partial charge is 0.398 e. The molecular weight excluding hydrogens is 221 g/mol. The predicted octanol–water partition coefficient (Wildman–Crippen LogP) is 1.71. The van der Waals surface area contributed by atoms with Crippen molar-refractivity contribution in [1.29, 1.82) is 0 Å². The maximum Gasteiger partial charge on any atom is 0.123 e. The molecule has 5 heteroatoms. The minimum Gasteiger partial charge on any atom is -0.398 e. The Labute approximate surface area is 98.5 Å². The third-order valence-corrected chi connectivity index (χ3v) is 2.67. The molecule has 3 N–H and O–H groups in total. The summed E-state index contributed by atoms with van der Waals surface area (Å²) in [6, 6.07) is 5.65. The number of aryl methyl sites for hydroxylation is 1. The molecule has 4 nitrogen and oxygen atoms in total. The van der Waals surface area contributed by atoms with Crippen LogP contribution in [0.15, 0.2) is 30.5 Å². The number of anilines is 1. The highest BCUT2D eigenvalue weighted by Crippen LogP contribution is 2.27. The second-order valence-corrected chi connectivity index (χ2v) is 3.75. The fourth-order valence-electron chi connectivity index (χ4n) is 1.78. The third kappa shape index (κ3) is 2.14. The first-order chi connectivity index (χ1) is 8.13. The van der Waals surface area contributed by atoms with Crippen molar-refractivity contribution in [3.05, 3.63) is 47.5 Å². The third-order valence-electron chi connectivity index (χ3n) is 2.67. The van der Waals surface area contributed by atoms with E-state index in [2.05, 4.69) is 5.10 Å². The van der Waals surface area contributed by atoms with Crippen molar-refractivity contribution in [2.24, 2.45) is 0 Å². The summed E-state index contributed by atoms with van der Waals surface area (Å²) < 4.78 is 14.8. The summed E-state index contributed by atoms with van der Waals surface area (Å²) >= 11 is 0. The quantitative estimate of drug-likeness (QED) is 0.796. The van der Waals surface area contributed by atoms with Crippen LogP contribution in [0.4, 0.5) is 10.1 Å². The van der Waals surface area contributed by atoms with E-state index < -0.39 is 11.9 Å². The molecular formula is C12H14FN3O. The minimum absolute atomic E-state index is 0.361. The summed E-state index contributed by atoms with van der Waals surface area (Å²) in [7, 11) is 0. The van der Waals surface area contributed by atoms with Crippen LogP contribution in [0.25, 0.3) is 0 Å². The van der Waals surface area contributed by atoms with Crippen molar-refractivity contribution in [1.82, 2.24) is 9.78 Å². The normalized spacial score (nSPS) is 12.6. The van der Waals surface area contributed by atoms with Crippen molar-refractivity contribution in [2.75, 3.05) is 5.73 Å². The van der Waals surface area contributed by atoms with Gasteiger partial charge in [-0.1, -0.05) is 0 Å². The van der Waals surface area contributed by atoms with Crippen LogP contribution < -0.4 is 5.73 Å². The fourth-order valence-corrected chi connectivity index (χ4v) is 1.78. The molecule has 1 unspecified atom stereocenters. The summed E-state index contributed by atoms with van der Waals surface area (Å²) in [4.78, 5) is 0. The Morgan fingerprint density at radius 1 is 1.47 bits per heavy atom. The molecule has 0 amide bonds. The van der Waals surface area contributed by atoms with E-state index >= 15 is 0 Å². The molecule has 0 aliphatic rings. The van der Waals surface area contributed by atoms with Gasteiger partial charge in [-0.15, -0.1) is 0 Å². The van der Waals surface area contributed by atoms with Crippen LogP contribution in [0.3, 0.4) is 0 Å². The van der Waals surface area contributed by atoms with E-state index in [-0.39, 0.29) is 0 Å². The summed E-state index contributed by atoms with van der Waals surface area (Å²) in [6.45, 7) is 2.55. The van der Waals surface area contributed by atoms with E-state index in [1.165, 1.54) is 18.2 Å². The molecule has 1 aromatic heterocycles. The highest BCUT2D eigenvalue weighted by molar-refractivity contribution is 5.50. The maximum atomic E-state index is 13.1. The molecule has 0 fully saturated rings. The van der Waals surface area contributed by atoms with Crippen LogP contribution in [-0.4, -0.2) is 14.9 Å². The number of aliphatic hydroxyl groups excluding tert-OH is 1. The highest BCUT2D eigenvalue weighted by atomic mass is 19.1. The Balaban J connectivity index is 2.43. The van der Waals surface area contributed by atoms with Crippen molar-refractivity contribution in [3.63, 3.8) is 0 Å². The Hall–Kier alpha value is -1.88. The van der Waals surface area contributed by atoms with Gasteiger partial charge in [0.2, 0.25) is 0 Å². The minimum atomic E-state index is -0.965. The van der Waals surface area contributed by atoms with Gasteiger partial charge in [-0.25, -0.2) is 4.39 Å². The lowest BCUT2D eigenvalue weighted by atomic mass is 10.0. The number of nitrogen functional groups attached to an aromatic ring is 1. The summed E-state index contributed by atoms with van der Waals surface area (Å²) in [5.41, 5.74) is 7.06. The summed E-state index contributed by atoms with van der Waals surface area (Å²) in [5.74, 6) is -0.421. The van der Waals surface area contributed by atoms with Gasteiger partial charge in [0.25, 0.3) is 0 Å². The number of nitrogens with two attached hydrogens (primary N) is 1. The molecule has 1 aromatic carbocycles. The second kappa shape index (κ2) is 4.55. The summed E-state index contributed by atoms with van der Waals surface area (Å²) in [5, 5.41) is 14.2. The van der Waals surface area contributed by atoms with Crippen molar-refractivity contribution in [3.8, 4) is 0 Å². The molecule has 2 aromatic rings. The van der Waals surface area contributed by atoms with Gasteiger partial charge in [-0.2, -0.15) is 5.10 Å². The van der Waals surface area contributed by atoms with Gasteiger partial charge >= 0.3 is 0 Å². The van der Waals surface area contributed by atoms with Crippen LogP contribution in [0.5, 0.6) is 0 Å². The molecule has 0 saturated heterocycles. The molecule has 0 aliphatic heterocycles. The molecule has 0 saturated carbocycles. The fraction of sp³-hybridized carbons (Fsp3) is 0.250.